The molecule has 0 aliphatic carbocycles. The van der Waals surface area contributed by atoms with E-state index in [1.165, 1.54) is 23.5 Å². The molecule has 10 heteroatoms. The van der Waals surface area contributed by atoms with E-state index >= 15 is 0 Å². The average Bonchev–Trinajstić information content (AvgIpc) is 3.29. The smallest absolute Gasteiger partial charge is 0.342 e. The first-order chi connectivity index (χ1) is 17.6. The molecule has 0 unspecified atom stereocenters. The molecule has 37 heavy (non-hydrogen) atoms. The maximum absolute atomic E-state index is 12.5. The molecule has 0 aliphatic rings. The lowest BCUT2D eigenvalue weighted by atomic mass is 9.87. The van der Waals surface area contributed by atoms with Crippen LogP contribution >= 0.6 is 56.9 Å². The highest BCUT2D eigenvalue weighted by molar-refractivity contribution is 14.1. The van der Waals surface area contributed by atoms with Crippen molar-refractivity contribution in [3.05, 3.63) is 85.0 Å². The molecular weight excluding hydrogens is 712 g/mol. The van der Waals surface area contributed by atoms with E-state index in [4.69, 9.17) is 0 Å². The fraction of sp³-hybridized carbons (Fsp3) is 0.185. The van der Waals surface area contributed by atoms with Crippen LogP contribution in [0.15, 0.2) is 77.0 Å². The Hall–Kier alpha value is -2.45. The monoisotopic (exact) mass is 738 g/mol. The number of hydrogen-bond acceptors (Lipinski definition) is 5. The summed E-state index contributed by atoms with van der Waals surface area (Å²) in [5, 5.41) is 22.5. The van der Waals surface area contributed by atoms with E-state index in [-0.39, 0.29) is 22.8 Å². The predicted molar refractivity (Wildman–Crippen MR) is 164 cm³/mol. The summed E-state index contributed by atoms with van der Waals surface area (Å²) in [7, 11) is 0. The van der Waals surface area contributed by atoms with E-state index < -0.39 is 0 Å². The van der Waals surface area contributed by atoms with E-state index in [9.17, 15) is 9.90 Å². The van der Waals surface area contributed by atoms with Crippen molar-refractivity contribution in [1.29, 1.82) is 0 Å². The lowest BCUT2D eigenvalue weighted by Gasteiger charge is -2.18. The van der Waals surface area contributed by atoms with Gasteiger partial charge in [-0.05, 0) is 104 Å². The van der Waals surface area contributed by atoms with Gasteiger partial charge in [-0.15, -0.1) is 5.10 Å². The molecule has 1 heterocycles. The largest absolute Gasteiger partial charge is 0.506 e. The number of carbonyl (C=O) groups excluding carboxylic acids is 1. The summed E-state index contributed by atoms with van der Waals surface area (Å²) in [6.45, 7) is 6.57. The Morgan fingerprint density at radius 3 is 2.51 bits per heavy atom. The number of hydrazone groups is 1. The Kier molecular flexibility index (Phi) is 8.90. The predicted octanol–water partition coefficient (Wildman–Crippen LogP) is 5.81. The number of benzene rings is 3. The summed E-state index contributed by atoms with van der Waals surface area (Å²) in [6.07, 6.45) is 1.44. The van der Waals surface area contributed by atoms with Gasteiger partial charge in [0.05, 0.1) is 26.2 Å². The van der Waals surface area contributed by atoms with Crippen molar-refractivity contribution in [3.8, 4) is 22.8 Å². The minimum Gasteiger partial charge on any atom is -0.506 e. The van der Waals surface area contributed by atoms with Crippen LogP contribution in [0.25, 0.3) is 17.1 Å². The van der Waals surface area contributed by atoms with Gasteiger partial charge in [0.25, 0.3) is 11.7 Å². The van der Waals surface area contributed by atoms with Crippen molar-refractivity contribution in [1.82, 2.24) is 15.6 Å². The van der Waals surface area contributed by atoms with Gasteiger partial charge in [0.1, 0.15) is 11.4 Å². The fourth-order valence-electron chi connectivity index (χ4n) is 3.55. The van der Waals surface area contributed by atoms with E-state index in [2.05, 4.69) is 111 Å². The summed E-state index contributed by atoms with van der Waals surface area (Å²) in [4.78, 5) is 12.5. The Balaban J connectivity index is 1.52. The first-order valence-corrected chi connectivity index (χ1v) is 14.6. The number of aromatic nitrogens is 3. The minimum absolute atomic E-state index is 0.0644. The number of phenolic OH excluding ortho intramolecular Hbond substituents is 1. The number of nitrogens with zero attached hydrogens (tertiary/aromatic N) is 3. The van der Waals surface area contributed by atoms with Gasteiger partial charge in [-0.25, -0.2) is 5.43 Å². The average molecular weight is 738 g/mol. The normalized spacial score (nSPS) is 11.7. The van der Waals surface area contributed by atoms with Crippen LogP contribution in [0.5, 0.6) is 5.75 Å². The van der Waals surface area contributed by atoms with Crippen molar-refractivity contribution < 1.29 is 14.5 Å². The number of para-hydroxylation sites is 1. The quantitative estimate of drug-likeness (QED) is 0.0735. The van der Waals surface area contributed by atoms with Gasteiger partial charge in [0.15, 0.2) is 0 Å². The number of aromatic hydroxyl groups is 1. The minimum atomic E-state index is -0.278. The highest BCUT2D eigenvalue weighted by atomic mass is 127. The Morgan fingerprint density at radius 1 is 1.14 bits per heavy atom. The maximum Gasteiger partial charge on any atom is 0.342 e. The molecule has 1 aromatic heterocycles. The summed E-state index contributed by atoms with van der Waals surface area (Å²) >= 11 is 5.54. The van der Waals surface area contributed by atoms with Gasteiger partial charge in [-0.3, -0.25) is 4.79 Å². The molecule has 1 amide bonds. The third kappa shape index (κ3) is 6.90. The Bertz CT molecular complexity index is 1430. The zero-order valence-corrected chi connectivity index (χ0v) is 25.6. The number of rotatable bonds is 7. The van der Waals surface area contributed by atoms with Crippen LogP contribution in [0.1, 0.15) is 31.9 Å². The Labute approximate surface area is 247 Å². The third-order valence-electron chi connectivity index (χ3n) is 5.49. The van der Waals surface area contributed by atoms with Crippen LogP contribution in [0.3, 0.4) is 0 Å². The van der Waals surface area contributed by atoms with Crippen molar-refractivity contribution >= 4 is 69.1 Å². The highest BCUT2D eigenvalue weighted by Gasteiger charge is 2.25. The van der Waals surface area contributed by atoms with Crippen LogP contribution in [0.2, 0.25) is 0 Å². The molecule has 0 aliphatic heterocycles. The molecular formula is C27H26I2N5O2S+. The van der Waals surface area contributed by atoms with Crippen LogP contribution in [-0.2, 0) is 10.2 Å². The van der Waals surface area contributed by atoms with Gasteiger partial charge < -0.3 is 5.11 Å². The molecule has 0 radical (unpaired) electrons. The molecule has 0 spiro atoms. The first kappa shape index (κ1) is 27.6. The maximum atomic E-state index is 12.5. The van der Waals surface area contributed by atoms with Crippen LogP contribution < -0.4 is 9.99 Å². The molecule has 4 rings (SSSR count). The zero-order valence-electron chi connectivity index (χ0n) is 20.5. The number of nitrogens with one attached hydrogen (secondary N) is 2. The summed E-state index contributed by atoms with van der Waals surface area (Å²) in [5.41, 5.74) is 6.33. The number of halogens is 2. The molecule has 0 bridgehead atoms. The molecule has 3 aromatic carbocycles. The highest BCUT2D eigenvalue weighted by Crippen LogP contribution is 2.27. The molecule has 0 saturated heterocycles. The Morgan fingerprint density at radius 2 is 1.84 bits per heavy atom. The van der Waals surface area contributed by atoms with Crippen molar-refractivity contribution in [2.75, 3.05) is 5.75 Å². The number of thioether (sulfide) groups is 1. The second-order valence-electron chi connectivity index (χ2n) is 9.26. The molecule has 0 fully saturated rings. The number of aromatic amines is 1. The van der Waals surface area contributed by atoms with Crippen LogP contribution in [0, 0.1) is 7.14 Å². The summed E-state index contributed by atoms with van der Waals surface area (Å²) in [5.74, 6) is 0.806. The van der Waals surface area contributed by atoms with Crippen molar-refractivity contribution in [3.63, 3.8) is 0 Å². The van der Waals surface area contributed by atoms with E-state index in [0.717, 1.165) is 24.2 Å². The van der Waals surface area contributed by atoms with Crippen LogP contribution in [0.4, 0.5) is 0 Å². The zero-order chi connectivity index (χ0) is 26.6. The molecule has 0 saturated carbocycles. The van der Waals surface area contributed by atoms with Crippen LogP contribution in [-0.4, -0.2) is 33.2 Å². The fourth-order valence-corrected chi connectivity index (χ4v) is 6.20. The lowest BCUT2D eigenvalue weighted by molar-refractivity contribution is -0.625. The SMILES string of the molecule is CC(C)(C)c1ccc(-c2[nH]nc(SCC(=O)N/N=C/c3cc(I)cc(I)c3O)[n+]2-c2ccccc2)cc1. The van der Waals surface area contributed by atoms with E-state index in [0.29, 0.717) is 10.7 Å². The number of hydrogen-bond donors (Lipinski definition) is 3. The second-order valence-corrected chi connectivity index (χ2v) is 12.6. The molecule has 7 nitrogen and oxygen atoms in total. The van der Waals surface area contributed by atoms with E-state index in [1.54, 1.807) is 6.07 Å². The first-order valence-electron chi connectivity index (χ1n) is 11.4. The number of H-pyrrole nitrogens is 1. The number of amides is 1. The summed E-state index contributed by atoms with van der Waals surface area (Å²) in [6, 6.07) is 22.0. The standard InChI is InChI=1S/C27H25I2N5O2S/c1-27(2,3)19-11-9-17(10-12-19)25-32-33-26(34(25)21-7-5-4-6-8-21)37-16-23(35)31-30-15-18-13-20(28)14-22(29)24(18)36/h4-15H,16H2,1-3H3,(H2,30,31,35,36)/p+1. The molecule has 4 aromatic rings. The third-order valence-corrected chi connectivity index (χ3v) is 7.88. The van der Waals surface area contributed by atoms with Gasteiger partial charge >= 0.3 is 5.16 Å². The lowest BCUT2D eigenvalue weighted by Crippen LogP contribution is -2.34. The molecule has 3 N–H and O–H groups in total. The van der Waals surface area contributed by atoms with Gasteiger partial charge in [0, 0.05) is 9.13 Å². The van der Waals surface area contributed by atoms with E-state index in [1.807, 2.05) is 41.0 Å². The molecule has 190 valence electrons. The second kappa shape index (κ2) is 11.9. The van der Waals surface area contributed by atoms with Gasteiger partial charge in [-0.2, -0.15) is 9.67 Å². The van der Waals surface area contributed by atoms with Gasteiger partial charge in [-0.1, -0.05) is 51.1 Å². The molecule has 0 atom stereocenters. The number of carbonyl (C=O) groups is 1. The van der Waals surface area contributed by atoms with Gasteiger partial charge in [0.2, 0.25) is 0 Å². The van der Waals surface area contributed by atoms with Crippen molar-refractivity contribution in [2.45, 2.75) is 31.3 Å². The van der Waals surface area contributed by atoms with Crippen molar-refractivity contribution in [2.24, 2.45) is 5.10 Å². The summed E-state index contributed by atoms with van der Waals surface area (Å²) < 4.78 is 3.70. The topological polar surface area (TPSA) is 94.2 Å². The number of phenols is 1.